The third-order valence-electron chi connectivity index (χ3n) is 3.59. The number of hydrogen-bond acceptors (Lipinski definition) is 5. The van der Waals surface area contributed by atoms with Gasteiger partial charge in [0.1, 0.15) is 5.69 Å². The van der Waals surface area contributed by atoms with Gasteiger partial charge in [-0.2, -0.15) is 10.2 Å². The molecule has 3 heterocycles. The maximum atomic E-state index is 6.15. The van der Waals surface area contributed by atoms with Crippen molar-refractivity contribution < 1.29 is 4.42 Å². The molecule has 3 aromatic heterocycles. The first-order valence-corrected chi connectivity index (χ1v) is 8.42. The molecule has 0 aromatic carbocycles. The minimum Gasteiger partial charge on any atom is -0.419 e. The van der Waals surface area contributed by atoms with Crippen LogP contribution in [0, 0.1) is 13.8 Å². The van der Waals surface area contributed by atoms with Crippen LogP contribution >= 0.6 is 27.5 Å². The summed E-state index contributed by atoms with van der Waals surface area (Å²) in [5, 5.41) is 17.6. The van der Waals surface area contributed by atoms with Gasteiger partial charge in [-0.3, -0.25) is 9.36 Å². The number of hydrogen-bond donors (Lipinski definition) is 0. The second-order valence-electron chi connectivity index (χ2n) is 5.12. The Labute approximate surface area is 146 Å². The lowest BCUT2D eigenvalue weighted by atomic mass is 10.4. The zero-order chi connectivity index (χ0) is 16.6. The molecule has 7 nitrogen and oxygen atoms in total. The Morgan fingerprint density at radius 1 is 1.26 bits per heavy atom. The van der Waals surface area contributed by atoms with Crippen LogP contribution < -0.4 is 0 Å². The normalized spacial score (nSPS) is 11.3. The zero-order valence-corrected chi connectivity index (χ0v) is 15.4. The van der Waals surface area contributed by atoms with Crippen LogP contribution in [0.25, 0.3) is 11.6 Å². The van der Waals surface area contributed by atoms with E-state index in [9.17, 15) is 0 Å². The van der Waals surface area contributed by atoms with Crippen molar-refractivity contribution in [2.75, 3.05) is 0 Å². The average molecular weight is 400 g/mol. The van der Waals surface area contributed by atoms with Crippen molar-refractivity contribution in [3.05, 3.63) is 33.0 Å². The van der Waals surface area contributed by atoms with Gasteiger partial charge in [0.05, 0.1) is 27.1 Å². The number of halogens is 2. The third kappa shape index (κ3) is 3.05. The molecule has 23 heavy (non-hydrogen) atoms. The van der Waals surface area contributed by atoms with E-state index in [0.717, 1.165) is 28.1 Å². The quantitative estimate of drug-likeness (QED) is 0.657. The molecule has 3 rings (SSSR count). The Kier molecular flexibility index (Phi) is 4.54. The van der Waals surface area contributed by atoms with Crippen molar-refractivity contribution in [2.24, 2.45) is 0 Å². The van der Waals surface area contributed by atoms with Crippen molar-refractivity contribution in [2.45, 2.75) is 40.3 Å². The lowest BCUT2D eigenvalue weighted by Crippen LogP contribution is -2.05. The molecule has 9 heteroatoms. The highest BCUT2D eigenvalue weighted by Crippen LogP contribution is 2.27. The molecule has 3 aromatic rings. The van der Waals surface area contributed by atoms with Crippen LogP contribution in [0.1, 0.15) is 24.2 Å². The van der Waals surface area contributed by atoms with E-state index in [4.69, 9.17) is 16.0 Å². The standard InChI is InChI=1S/C14H16BrClN6O/c1-4-21-13(10(15)7-17-21)14-19-18-11(23-14)5-6-22-9(3)12(16)8(2)20-22/h7H,4-6H2,1-3H3. The van der Waals surface area contributed by atoms with Gasteiger partial charge in [0.15, 0.2) is 0 Å². The van der Waals surface area contributed by atoms with Gasteiger partial charge in [-0.25, -0.2) is 0 Å². The number of nitrogens with zero attached hydrogens (tertiary/aromatic N) is 6. The van der Waals surface area contributed by atoms with Crippen LogP contribution in [0.5, 0.6) is 0 Å². The highest BCUT2D eigenvalue weighted by atomic mass is 79.9. The molecule has 0 spiro atoms. The molecule has 0 N–H and O–H groups in total. The van der Waals surface area contributed by atoms with Crippen LogP contribution in [0.3, 0.4) is 0 Å². The fourth-order valence-electron chi connectivity index (χ4n) is 2.36. The van der Waals surface area contributed by atoms with Crippen LogP contribution in [0.4, 0.5) is 0 Å². The summed E-state index contributed by atoms with van der Waals surface area (Å²) in [5.41, 5.74) is 2.56. The van der Waals surface area contributed by atoms with Gasteiger partial charge >= 0.3 is 0 Å². The van der Waals surface area contributed by atoms with Crippen molar-refractivity contribution >= 4 is 27.5 Å². The monoisotopic (exact) mass is 398 g/mol. The minimum absolute atomic E-state index is 0.456. The second-order valence-corrected chi connectivity index (χ2v) is 6.35. The molecule has 122 valence electrons. The number of aryl methyl sites for hydroxylation is 4. The summed E-state index contributed by atoms with van der Waals surface area (Å²) in [6.45, 7) is 7.20. The van der Waals surface area contributed by atoms with Crippen LogP contribution in [-0.4, -0.2) is 29.8 Å². The maximum Gasteiger partial charge on any atom is 0.267 e. The zero-order valence-electron chi connectivity index (χ0n) is 13.0. The summed E-state index contributed by atoms with van der Waals surface area (Å²) in [6.07, 6.45) is 2.31. The van der Waals surface area contributed by atoms with Gasteiger partial charge in [-0.05, 0) is 36.7 Å². The first-order valence-electron chi connectivity index (χ1n) is 7.24. The molecule has 0 atom stereocenters. The van der Waals surface area contributed by atoms with E-state index < -0.39 is 0 Å². The maximum absolute atomic E-state index is 6.15. The van der Waals surface area contributed by atoms with E-state index >= 15 is 0 Å². The molecule has 0 radical (unpaired) electrons. The third-order valence-corrected chi connectivity index (χ3v) is 4.72. The van der Waals surface area contributed by atoms with Crippen LogP contribution in [0.15, 0.2) is 15.1 Å². The lowest BCUT2D eigenvalue weighted by molar-refractivity contribution is 0.467. The summed E-state index contributed by atoms with van der Waals surface area (Å²) in [7, 11) is 0. The van der Waals surface area contributed by atoms with Crippen molar-refractivity contribution in [3.63, 3.8) is 0 Å². The first kappa shape index (κ1) is 16.2. The van der Waals surface area contributed by atoms with Crippen LogP contribution in [-0.2, 0) is 19.5 Å². The summed E-state index contributed by atoms with van der Waals surface area (Å²) >= 11 is 9.61. The van der Waals surface area contributed by atoms with Crippen molar-refractivity contribution in [1.82, 2.24) is 29.8 Å². The number of rotatable bonds is 5. The van der Waals surface area contributed by atoms with E-state index in [1.165, 1.54) is 0 Å². The molecule has 0 aliphatic rings. The van der Waals surface area contributed by atoms with Crippen LogP contribution in [0.2, 0.25) is 5.02 Å². The molecule has 0 aliphatic carbocycles. The molecular formula is C14H16BrClN6O. The Bertz CT molecular complexity index is 837. The van der Waals surface area contributed by atoms with Gasteiger partial charge in [0, 0.05) is 19.5 Å². The Balaban J connectivity index is 1.77. The predicted octanol–water partition coefficient (Wildman–Crippen LogP) is 3.42. The summed E-state index contributed by atoms with van der Waals surface area (Å²) in [5.74, 6) is 1.01. The summed E-state index contributed by atoms with van der Waals surface area (Å²) in [4.78, 5) is 0. The second kappa shape index (κ2) is 6.45. The van der Waals surface area contributed by atoms with Gasteiger partial charge in [0.25, 0.3) is 5.89 Å². The molecule has 0 unspecified atom stereocenters. The molecule has 0 saturated heterocycles. The fraction of sp³-hybridized carbons (Fsp3) is 0.429. The highest BCUT2D eigenvalue weighted by molar-refractivity contribution is 9.10. The smallest absolute Gasteiger partial charge is 0.267 e. The fourth-order valence-corrected chi connectivity index (χ4v) is 2.96. The molecule has 0 fully saturated rings. The first-order chi connectivity index (χ1) is 11.0. The molecule has 0 amide bonds. The number of aromatic nitrogens is 6. The SMILES string of the molecule is CCn1ncc(Br)c1-c1nnc(CCn2nc(C)c(Cl)c2C)o1. The average Bonchev–Trinajstić information content (AvgIpc) is 3.20. The molecule has 0 bridgehead atoms. The molecular weight excluding hydrogens is 384 g/mol. The largest absolute Gasteiger partial charge is 0.419 e. The predicted molar refractivity (Wildman–Crippen MR) is 89.3 cm³/mol. The summed E-state index contributed by atoms with van der Waals surface area (Å²) < 4.78 is 10.3. The van der Waals surface area contributed by atoms with E-state index in [1.807, 2.05) is 30.1 Å². The topological polar surface area (TPSA) is 74.6 Å². The van der Waals surface area contributed by atoms with Gasteiger partial charge in [-0.15, -0.1) is 10.2 Å². The van der Waals surface area contributed by atoms with Gasteiger partial charge < -0.3 is 4.42 Å². The van der Waals surface area contributed by atoms with Gasteiger partial charge in [0.2, 0.25) is 5.89 Å². The Morgan fingerprint density at radius 2 is 2.04 bits per heavy atom. The van der Waals surface area contributed by atoms with E-state index in [1.54, 1.807) is 6.20 Å². The van der Waals surface area contributed by atoms with E-state index in [-0.39, 0.29) is 0 Å². The lowest BCUT2D eigenvalue weighted by Gasteiger charge is -2.02. The molecule has 0 saturated carbocycles. The van der Waals surface area contributed by atoms with Crippen molar-refractivity contribution in [1.29, 1.82) is 0 Å². The van der Waals surface area contributed by atoms with Crippen molar-refractivity contribution in [3.8, 4) is 11.6 Å². The van der Waals surface area contributed by atoms with E-state index in [2.05, 4.69) is 36.3 Å². The van der Waals surface area contributed by atoms with E-state index in [0.29, 0.717) is 29.8 Å². The Hall–Kier alpha value is -1.67. The molecule has 0 aliphatic heterocycles. The van der Waals surface area contributed by atoms with Gasteiger partial charge in [-0.1, -0.05) is 11.6 Å². The highest BCUT2D eigenvalue weighted by Gasteiger charge is 2.17. The summed E-state index contributed by atoms with van der Waals surface area (Å²) in [6, 6.07) is 0. The Morgan fingerprint density at radius 3 is 2.70 bits per heavy atom. The minimum atomic E-state index is 0.456.